The van der Waals surface area contributed by atoms with E-state index < -0.39 is 5.60 Å². The monoisotopic (exact) mass is 467 g/mol. The quantitative estimate of drug-likeness (QED) is 0.512. The predicted octanol–water partition coefficient (Wildman–Crippen LogP) is 5.45. The van der Waals surface area contributed by atoms with E-state index in [0.29, 0.717) is 43.0 Å². The second-order valence-electron chi connectivity index (χ2n) is 9.84. The van der Waals surface area contributed by atoms with Gasteiger partial charge in [0, 0.05) is 43.4 Å². The lowest BCUT2D eigenvalue weighted by Gasteiger charge is -2.35. The molecule has 7 nitrogen and oxygen atoms in total. The Morgan fingerprint density at radius 2 is 1.65 bits per heavy atom. The van der Waals surface area contributed by atoms with E-state index in [4.69, 9.17) is 9.15 Å². The van der Waals surface area contributed by atoms with Crippen LogP contribution in [0.15, 0.2) is 40.8 Å². The first kappa shape index (κ1) is 23.7. The maximum absolute atomic E-state index is 13.4. The van der Waals surface area contributed by atoms with Crippen molar-refractivity contribution in [2.24, 2.45) is 0 Å². The van der Waals surface area contributed by atoms with E-state index in [0.717, 1.165) is 11.1 Å². The first-order valence-electron chi connectivity index (χ1n) is 11.5. The van der Waals surface area contributed by atoms with Gasteiger partial charge in [-0.15, -0.1) is 0 Å². The van der Waals surface area contributed by atoms with Crippen molar-refractivity contribution >= 4 is 23.1 Å². The molecule has 0 N–H and O–H groups in total. The van der Waals surface area contributed by atoms with Crippen molar-refractivity contribution in [3.63, 3.8) is 0 Å². The molecule has 0 bridgehead atoms. The minimum Gasteiger partial charge on any atom is -0.449 e. The van der Waals surface area contributed by atoms with Crippen LogP contribution in [0.5, 0.6) is 0 Å². The molecule has 1 aliphatic heterocycles. The number of pyridine rings is 1. The summed E-state index contributed by atoms with van der Waals surface area (Å²) in [6.45, 7) is 11.1. The zero-order valence-corrected chi connectivity index (χ0v) is 20.2. The van der Waals surface area contributed by atoms with Crippen LogP contribution in [0.25, 0.3) is 22.4 Å². The molecule has 1 fully saturated rings. The summed E-state index contributed by atoms with van der Waals surface area (Å²) < 4.78 is 24.8. The van der Waals surface area contributed by atoms with Crippen LogP contribution in [-0.2, 0) is 4.74 Å². The predicted molar refractivity (Wildman–Crippen MR) is 127 cm³/mol. The Hall–Kier alpha value is -3.42. The molecule has 0 atom stereocenters. The summed E-state index contributed by atoms with van der Waals surface area (Å²) >= 11 is 0. The Morgan fingerprint density at radius 1 is 1.03 bits per heavy atom. The molecule has 0 unspecified atom stereocenters. The molecule has 180 valence electrons. The molecule has 3 heterocycles. The fraction of sp³-hybridized carbons (Fsp3) is 0.423. The van der Waals surface area contributed by atoms with Gasteiger partial charge in [-0.1, -0.05) is 13.8 Å². The highest BCUT2D eigenvalue weighted by molar-refractivity contribution is 5.96. The highest BCUT2D eigenvalue weighted by atomic mass is 19.1. The molecule has 4 rings (SSSR count). The Kier molecular flexibility index (Phi) is 6.34. The zero-order chi connectivity index (χ0) is 24.6. The van der Waals surface area contributed by atoms with Crippen molar-refractivity contribution in [3.8, 4) is 11.3 Å². The first-order valence-corrected chi connectivity index (χ1v) is 11.5. The lowest BCUT2D eigenvalue weighted by Crippen LogP contribution is -2.51. The van der Waals surface area contributed by atoms with Crippen molar-refractivity contribution in [1.29, 1.82) is 0 Å². The number of ether oxygens (including phenoxy) is 1. The molecule has 0 aliphatic carbocycles. The van der Waals surface area contributed by atoms with Crippen LogP contribution in [0, 0.1) is 5.82 Å². The molecule has 8 heteroatoms. The summed E-state index contributed by atoms with van der Waals surface area (Å²) in [4.78, 5) is 33.4. The van der Waals surface area contributed by atoms with Gasteiger partial charge in [0.05, 0.1) is 5.69 Å². The number of furan rings is 1. The standard InChI is InChI=1S/C26H30FN3O4/c1-16(2)19-14-20(17-6-8-18(27)9-7-17)28-21-15-22(33-23(19)21)24(31)29-10-12-30(13-11-29)25(32)34-26(3,4)5/h6-9,14-16H,10-13H2,1-5H3. The molecule has 34 heavy (non-hydrogen) atoms. The van der Waals surface area contributed by atoms with E-state index in [9.17, 15) is 14.0 Å². The van der Waals surface area contributed by atoms with Crippen LogP contribution in [0.3, 0.4) is 0 Å². The molecular formula is C26H30FN3O4. The van der Waals surface area contributed by atoms with Crippen LogP contribution in [0.2, 0.25) is 0 Å². The maximum Gasteiger partial charge on any atom is 0.410 e. The maximum atomic E-state index is 13.4. The smallest absolute Gasteiger partial charge is 0.410 e. The lowest BCUT2D eigenvalue weighted by molar-refractivity contribution is 0.0137. The Balaban J connectivity index is 1.55. The van der Waals surface area contributed by atoms with Gasteiger partial charge < -0.3 is 19.0 Å². The van der Waals surface area contributed by atoms with Gasteiger partial charge in [-0.25, -0.2) is 14.2 Å². The fourth-order valence-corrected chi connectivity index (χ4v) is 3.92. The van der Waals surface area contributed by atoms with Crippen LogP contribution in [-0.4, -0.2) is 58.6 Å². The number of halogens is 1. The molecule has 0 radical (unpaired) electrons. The van der Waals surface area contributed by atoms with E-state index in [1.807, 2.05) is 40.7 Å². The molecule has 0 saturated carbocycles. The minimum absolute atomic E-state index is 0.135. The summed E-state index contributed by atoms with van der Waals surface area (Å²) in [5, 5.41) is 0. The van der Waals surface area contributed by atoms with Gasteiger partial charge in [0.25, 0.3) is 5.91 Å². The van der Waals surface area contributed by atoms with Crippen LogP contribution >= 0.6 is 0 Å². The Morgan fingerprint density at radius 3 is 2.24 bits per heavy atom. The van der Waals surface area contributed by atoms with Crippen LogP contribution in [0.4, 0.5) is 9.18 Å². The summed E-state index contributed by atoms with van der Waals surface area (Å²) in [7, 11) is 0. The number of fused-ring (bicyclic) bond motifs is 1. The number of hydrogen-bond donors (Lipinski definition) is 0. The van der Waals surface area contributed by atoms with Crippen molar-refractivity contribution in [3.05, 3.63) is 53.5 Å². The number of carbonyl (C=O) groups is 2. The SMILES string of the molecule is CC(C)c1cc(-c2ccc(F)cc2)nc2cc(C(=O)N3CCN(C(=O)OC(C)(C)C)CC3)oc12. The van der Waals surface area contributed by atoms with E-state index in [-0.39, 0.29) is 29.5 Å². The third kappa shape index (κ3) is 5.05. The third-order valence-corrected chi connectivity index (χ3v) is 5.70. The number of rotatable bonds is 3. The number of nitrogens with zero attached hydrogens (tertiary/aromatic N) is 3. The van der Waals surface area contributed by atoms with E-state index in [2.05, 4.69) is 4.98 Å². The molecular weight excluding hydrogens is 437 g/mol. The number of benzene rings is 1. The van der Waals surface area contributed by atoms with E-state index in [1.54, 1.807) is 28.0 Å². The van der Waals surface area contributed by atoms with Gasteiger partial charge in [0.2, 0.25) is 0 Å². The fourth-order valence-electron chi connectivity index (χ4n) is 3.92. The molecule has 2 amide bonds. The summed E-state index contributed by atoms with van der Waals surface area (Å²) in [5.74, 6) is -0.195. The molecule has 2 aromatic heterocycles. The van der Waals surface area contributed by atoms with Crippen LogP contribution in [0.1, 0.15) is 56.7 Å². The van der Waals surface area contributed by atoms with Crippen molar-refractivity contribution < 1.29 is 23.1 Å². The molecule has 1 aliphatic rings. The summed E-state index contributed by atoms with van der Waals surface area (Å²) in [6.07, 6.45) is -0.373. The highest BCUT2D eigenvalue weighted by Crippen LogP contribution is 2.32. The van der Waals surface area contributed by atoms with Crippen molar-refractivity contribution in [1.82, 2.24) is 14.8 Å². The topological polar surface area (TPSA) is 75.9 Å². The Bertz CT molecular complexity index is 1200. The number of carbonyl (C=O) groups excluding carboxylic acids is 2. The van der Waals surface area contributed by atoms with Crippen molar-refractivity contribution in [2.45, 2.75) is 46.1 Å². The van der Waals surface area contributed by atoms with Gasteiger partial charge >= 0.3 is 6.09 Å². The van der Waals surface area contributed by atoms with E-state index >= 15 is 0 Å². The molecule has 3 aromatic rings. The number of aromatic nitrogens is 1. The average molecular weight is 468 g/mol. The summed E-state index contributed by atoms with van der Waals surface area (Å²) in [6, 6.07) is 9.76. The second-order valence-corrected chi connectivity index (χ2v) is 9.84. The van der Waals surface area contributed by atoms with E-state index in [1.165, 1.54) is 12.1 Å². The number of piperazine rings is 1. The van der Waals surface area contributed by atoms with Gasteiger partial charge in [0.1, 0.15) is 16.9 Å². The third-order valence-electron chi connectivity index (χ3n) is 5.70. The molecule has 1 aromatic carbocycles. The first-order chi connectivity index (χ1) is 16.0. The minimum atomic E-state index is -0.563. The molecule has 1 saturated heterocycles. The van der Waals surface area contributed by atoms with Gasteiger partial charge in [-0.05, 0) is 57.0 Å². The van der Waals surface area contributed by atoms with Crippen LogP contribution < -0.4 is 0 Å². The number of amides is 2. The van der Waals surface area contributed by atoms with Crippen molar-refractivity contribution in [2.75, 3.05) is 26.2 Å². The van der Waals surface area contributed by atoms with Gasteiger partial charge in [0.15, 0.2) is 11.3 Å². The number of hydrogen-bond acceptors (Lipinski definition) is 5. The normalized spacial score (nSPS) is 14.7. The van der Waals surface area contributed by atoms with Gasteiger partial charge in [-0.2, -0.15) is 0 Å². The zero-order valence-electron chi connectivity index (χ0n) is 20.2. The average Bonchev–Trinajstić information content (AvgIpc) is 3.21. The molecule has 0 spiro atoms. The second kappa shape index (κ2) is 9.08. The lowest BCUT2D eigenvalue weighted by atomic mass is 10.00. The summed E-state index contributed by atoms with van der Waals surface area (Å²) in [5.41, 5.74) is 3.02. The Labute approximate surface area is 198 Å². The van der Waals surface area contributed by atoms with Gasteiger partial charge in [-0.3, -0.25) is 4.79 Å². The highest BCUT2D eigenvalue weighted by Gasteiger charge is 2.30. The largest absolute Gasteiger partial charge is 0.449 e.